The SMILES string of the molecule is CCCCCCCCCCC(CCCCCCCC=CCC=CCCCCCC1CCN(C)CC1)OC(=O)O. The Morgan fingerprint density at radius 3 is 1.77 bits per heavy atom. The number of unbranched alkanes of at least 4 members (excludes halogenated alkanes) is 15. The quantitative estimate of drug-likeness (QED) is 0.0664. The predicted molar refractivity (Wildman–Crippen MR) is 169 cm³/mol. The van der Waals surface area contributed by atoms with Crippen molar-refractivity contribution in [1.82, 2.24) is 4.90 Å². The van der Waals surface area contributed by atoms with Gasteiger partial charge in [-0.3, -0.25) is 0 Å². The van der Waals surface area contributed by atoms with Crippen molar-refractivity contribution in [3.05, 3.63) is 24.3 Å². The van der Waals surface area contributed by atoms with E-state index in [0.717, 1.165) is 38.0 Å². The third-order valence-electron chi connectivity index (χ3n) is 8.47. The van der Waals surface area contributed by atoms with E-state index in [4.69, 9.17) is 9.84 Å². The van der Waals surface area contributed by atoms with Crippen molar-refractivity contribution in [2.75, 3.05) is 20.1 Å². The Morgan fingerprint density at radius 1 is 0.744 bits per heavy atom. The molecule has 228 valence electrons. The van der Waals surface area contributed by atoms with Crippen LogP contribution in [0, 0.1) is 5.92 Å². The molecular weight excluding hydrogens is 482 g/mol. The van der Waals surface area contributed by atoms with Crippen molar-refractivity contribution in [1.29, 1.82) is 0 Å². The lowest BCUT2D eigenvalue weighted by Crippen LogP contribution is -2.30. The maximum Gasteiger partial charge on any atom is 0.506 e. The minimum Gasteiger partial charge on any atom is -0.450 e. The lowest BCUT2D eigenvalue weighted by atomic mass is 9.91. The number of ether oxygens (including phenoxy) is 1. The second kappa shape index (κ2) is 26.9. The predicted octanol–water partition coefficient (Wildman–Crippen LogP) is 11.1. The maximum absolute atomic E-state index is 11.0. The lowest BCUT2D eigenvalue weighted by molar-refractivity contribution is 0.0422. The molecule has 1 fully saturated rings. The summed E-state index contributed by atoms with van der Waals surface area (Å²) in [6, 6.07) is 0. The molecular formula is C35H65NO3. The molecule has 0 radical (unpaired) electrons. The maximum atomic E-state index is 11.0. The first-order valence-corrected chi connectivity index (χ1v) is 17.0. The molecule has 0 spiro atoms. The van der Waals surface area contributed by atoms with Crippen LogP contribution in [0.4, 0.5) is 4.79 Å². The molecule has 1 aliphatic heterocycles. The van der Waals surface area contributed by atoms with E-state index in [-0.39, 0.29) is 6.10 Å². The highest BCUT2D eigenvalue weighted by Gasteiger charge is 2.15. The number of nitrogens with zero attached hydrogens (tertiary/aromatic N) is 1. The largest absolute Gasteiger partial charge is 0.506 e. The number of rotatable bonds is 26. The van der Waals surface area contributed by atoms with Crippen LogP contribution in [0.3, 0.4) is 0 Å². The molecule has 0 aliphatic carbocycles. The highest BCUT2D eigenvalue weighted by Crippen LogP contribution is 2.22. The van der Waals surface area contributed by atoms with Gasteiger partial charge in [0, 0.05) is 0 Å². The van der Waals surface area contributed by atoms with Gasteiger partial charge in [-0.1, -0.05) is 115 Å². The van der Waals surface area contributed by atoms with Gasteiger partial charge in [0.05, 0.1) is 0 Å². The first-order valence-electron chi connectivity index (χ1n) is 17.0. The van der Waals surface area contributed by atoms with E-state index in [1.165, 1.54) is 135 Å². The lowest BCUT2D eigenvalue weighted by Gasteiger charge is -2.28. The monoisotopic (exact) mass is 547 g/mol. The molecule has 0 saturated carbocycles. The number of hydrogen-bond acceptors (Lipinski definition) is 3. The van der Waals surface area contributed by atoms with Gasteiger partial charge < -0.3 is 14.7 Å². The van der Waals surface area contributed by atoms with E-state index in [1.54, 1.807) is 0 Å². The summed E-state index contributed by atoms with van der Waals surface area (Å²) in [4.78, 5) is 13.5. The fraction of sp³-hybridized carbons (Fsp3) is 0.857. The van der Waals surface area contributed by atoms with Crippen molar-refractivity contribution < 1.29 is 14.6 Å². The van der Waals surface area contributed by atoms with Gasteiger partial charge in [0.2, 0.25) is 0 Å². The minimum absolute atomic E-state index is 0.109. The highest BCUT2D eigenvalue weighted by atomic mass is 16.7. The molecule has 0 aromatic rings. The van der Waals surface area contributed by atoms with Gasteiger partial charge in [0.25, 0.3) is 0 Å². The Bertz CT molecular complexity index is 595. The zero-order chi connectivity index (χ0) is 28.2. The van der Waals surface area contributed by atoms with Crippen LogP contribution in [0.15, 0.2) is 24.3 Å². The normalized spacial score (nSPS) is 15.9. The summed E-state index contributed by atoms with van der Waals surface area (Å²) in [6.45, 7) is 4.85. The van der Waals surface area contributed by atoms with Crippen molar-refractivity contribution in [2.45, 2.75) is 167 Å². The summed E-state index contributed by atoms with van der Waals surface area (Å²) in [5.41, 5.74) is 0. The summed E-state index contributed by atoms with van der Waals surface area (Å²) in [6.07, 6.45) is 38.0. The van der Waals surface area contributed by atoms with Crippen molar-refractivity contribution in [3.63, 3.8) is 0 Å². The molecule has 0 aromatic heterocycles. The fourth-order valence-corrected chi connectivity index (χ4v) is 5.80. The molecule has 1 N–H and O–H groups in total. The molecule has 4 nitrogen and oxygen atoms in total. The Kier molecular flexibility index (Phi) is 24.7. The zero-order valence-electron chi connectivity index (χ0n) is 26.1. The van der Waals surface area contributed by atoms with Gasteiger partial charge in [-0.05, 0) is 96.7 Å². The van der Waals surface area contributed by atoms with Crippen molar-refractivity contribution >= 4 is 6.16 Å². The van der Waals surface area contributed by atoms with Crippen LogP contribution in [-0.4, -0.2) is 42.4 Å². The average molecular weight is 548 g/mol. The zero-order valence-corrected chi connectivity index (χ0v) is 26.1. The van der Waals surface area contributed by atoms with Crippen LogP contribution in [0.25, 0.3) is 0 Å². The van der Waals surface area contributed by atoms with Crippen LogP contribution >= 0.6 is 0 Å². The molecule has 0 bridgehead atoms. The van der Waals surface area contributed by atoms with Gasteiger partial charge in [-0.25, -0.2) is 4.79 Å². The van der Waals surface area contributed by atoms with E-state index in [2.05, 4.69) is 43.2 Å². The molecule has 1 unspecified atom stereocenters. The van der Waals surface area contributed by atoms with E-state index in [0.29, 0.717) is 0 Å². The Labute approximate surface area is 243 Å². The topological polar surface area (TPSA) is 49.8 Å². The first kappa shape index (κ1) is 35.7. The van der Waals surface area contributed by atoms with Gasteiger partial charge in [0.15, 0.2) is 0 Å². The molecule has 4 heteroatoms. The standard InChI is InChI=1S/C35H65NO3/c1-3-4-5-6-7-18-21-24-27-34(39-35(37)38)28-25-22-19-16-14-12-10-8-9-11-13-15-17-20-23-26-33-29-31-36(2)32-30-33/h8,10-11,13,33-34H,3-7,9,12,14-32H2,1-2H3,(H,37,38). The minimum atomic E-state index is -1.11. The fourth-order valence-electron chi connectivity index (χ4n) is 5.80. The molecule has 39 heavy (non-hydrogen) atoms. The average Bonchev–Trinajstić information content (AvgIpc) is 2.92. The summed E-state index contributed by atoms with van der Waals surface area (Å²) in [7, 11) is 2.25. The van der Waals surface area contributed by atoms with Crippen LogP contribution in [0.5, 0.6) is 0 Å². The number of likely N-dealkylation sites (tertiary alicyclic amines) is 1. The second-order valence-electron chi connectivity index (χ2n) is 12.2. The van der Waals surface area contributed by atoms with Crippen molar-refractivity contribution in [3.8, 4) is 0 Å². The van der Waals surface area contributed by atoms with Crippen LogP contribution < -0.4 is 0 Å². The molecule has 0 amide bonds. The first-order chi connectivity index (χ1) is 19.1. The second-order valence-corrected chi connectivity index (χ2v) is 12.2. The molecule has 1 saturated heterocycles. The van der Waals surface area contributed by atoms with Crippen LogP contribution in [-0.2, 0) is 4.74 Å². The van der Waals surface area contributed by atoms with Crippen LogP contribution in [0.2, 0.25) is 0 Å². The van der Waals surface area contributed by atoms with Gasteiger partial charge >= 0.3 is 6.16 Å². The Morgan fingerprint density at radius 2 is 1.23 bits per heavy atom. The number of piperidine rings is 1. The van der Waals surface area contributed by atoms with Gasteiger partial charge in [0.1, 0.15) is 6.10 Å². The Hall–Kier alpha value is -1.29. The third kappa shape index (κ3) is 24.2. The summed E-state index contributed by atoms with van der Waals surface area (Å²) >= 11 is 0. The summed E-state index contributed by atoms with van der Waals surface area (Å²) < 4.78 is 5.16. The van der Waals surface area contributed by atoms with E-state index < -0.39 is 6.16 Å². The van der Waals surface area contributed by atoms with Gasteiger partial charge in [-0.2, -0.15) is 0 Å². The number of carbonyl (C=O) groups is 1. The van der Waals surface area contributed by atoms with Crippen molar-refractivity contribution in [2.24, 2.45) is 5.92 Å². The molecule has 1 heterocycles. The smallest absolute Gasteiger partial charge is 0.450 e. The third-order valence-corrected chi connectivity index (χ3v) is 8.47. The highest BCUT2D eigenvalue weighted by molar-refractivity contribution is 5.57. The van der Waals surface area contributed by atoms with E-state index in [9.17, 15) is 4.79 Å². The molecule has 1 atom stereocenters. The van der Waals surface area contributed by atoms with E-state index >= 15 is 0 Å². The van der Waals surface area contributed by atoms with Crippen LogP contribution in [0.1, 0.15) is 161 Å². The summed E-state index contributed by atoms with van der Waals surface area (Å²) in [5, 5.41) is 9.06. The number of hydrogen-bond donors (Lipinski definition) is 1. The Balaban J connectivity index is 1.89. The van der Waals surface area contributed by atoms with Gasteiger partial charge in [-0.15, -0.1) is 0 Å². The summed E-state index contributed by atoms with van der Waals surface area (Å²) in [5.74, 6) is 0.988. The molecule has 1 aliphatic rings. The number of carboxylic acid groups (broad SMARTS) is 1. The number of allylic oxidation sites excluding steroid dienone is 4. The van der Waals surface area contributed by atoms with E-state index in [1.807, 2.05) is 0 Å². The molecule has 1 rings (SSSR count). The molecule has 0 aromatic carbocycles.